The maximum Gasteiger partial charge on any atom is 0.295 e. The van der Waals surface area contributed by atoms with Gasteiger partial charge in [0.1, 0.15) is 0 Å². The van der Waals surface area contributed by atoms with E-state index < -0.39 is 0 Å². The molecule has 0 bridgehead atoms. The third-order valence-corrected chi connectivity index (χ3v) is 3.37. The Labute approximate surface area is 106 Å². The number of methoxy groups -OCH3 is 1. The van der Waals surface area contributed by atoms with E-state index in [2.05, 4.69) is 9.97 Å². The molecule has 6 heteroatoms. The summed E-state index contributed by atoms with van der Waals surface area (Å²) >= 11 is 0. The highest BCUT2D eigenvalue weighted by Crippen LogP contribution is 2.30. The van der Waals surface area contributed by atoms with Gasteiger partial charge in [-0.1, -0.05) is 12.8 Å². The minimum absolute atomic E-state index is 0.0358. The average Bonchev–Trinajstić information content (AvgIpc) is 2.89. The molecule has 0 unspecified atom stereocenters. The van der Waals surface area contributed by atoms with Gasteiger partial charge in [0.05, 0.1) is 20.0 Å². The van der Waals surface area contributed by atoms with Crippen molar-refractivity contribution in [2.24, 2.45) is 0 Å². The normalized spacial score (nSPS) is 15.9. The van der Waals surface area contributed by atoms with Crippen molar-refractivity contribution in [1.82, 2.24) is 9.97 Å². The molecule has 1 aliphatic carbocycles. The summed E-state index contributed by atoms with van der Waals surface area (Å²) in [4.78, 5) is 20.4. The van der Waals surface area contributed by atoms with Crippen LogP contribution in [0, 0.1) is 0 Å². The van der Waals surface area contributed by atoms with Gasteiger partial charge < -0.3 is 19.7 Å². The first kappa shape index (κ1) is 12.9. The summed E-state index contributed by atoms with van der Waals surface area (Å²) in [6, 6.07) is 0.334. The fraction of sp³-hybridized carbons (Fsp3) is 0.667. The lowest BCUT2D eigenvalue weighted by Crippen LogP contribution is -2.37. The van der Waals surface area contributed by atoms with Gasteiger partial charge in [0.25, 0.3) is 5.56 Å². The van der Waals surface area contributed by atoms with Crippen LogP contribution in [0.3, 0.4) is 0 Å². The van der Waals surface area contributed by atoms with Gasteiger partial charge in [-0.15, -0.1) is 0 Å². The molecule has 100 valence electrons. The summed E-state index contributed by atoms with van der Waals surface area (Å²) in [6.07, 6.45) is 5.87. The van der Waals surface area contributed by atoms with E-state index in [0.717, 1.165) is 12.8 Å². The fourth-order valence-corrected chi connectivity index (χ4v) is 2.55. The highest BCUT2D eigenvalue weighted by atomic mass is 16.5. The van der Waals surface area contributed by atoms with Crippen molar-refractivity contribution in [3.05, 3.63) is 16.7 Å². The molecule has 1 aliphatic rings. The second-order valence-corrected chi connectivity index (χ2v) is 4.44. The van der Waals surface area contributed by atoms with Gasteiger partial charge in [-0.25, -0.2) is 4.98 Å². The average molecular weight is 253 g/mol. The third-order valence-electron chi connectivity index (χ3n) is 3.37. The molecular formula is C12H19N3O3. The van der Waals surface area contributed by atoms with E-state index in [9.17, 15) is 9.90 Å². The third kappa shape index (κ3) is 2.48. The van der Waals surface area contributed by atoms with Crippen molar-refractivity contribution in [2.75, 3.05) is 25.2 Å². The molecule has 6 nitrogen and oxygen atoms in total. The van der Waals surface area contributed by atoms with Crippen LogP contribution < -0.4 is 15.2 Å². The van der Waals surface area contributed by atoms with Crippen molar-refractivity contribution in [2.45, 2.75) is 31.7 Å². The molecule has 0 amide bonds. The number of hydrogen-bond acceptors (Lipinski definition) is 5. The molecular weight excluding hydrogens is 234 g/mol. The number of aromatic nitrogens is 2. The number of nitrogens with zero attached hydrogens (tertiary/aromatic N) is 2. The summed E-state index contributed by atoms with van der Waals surface area (Å²) in [7, 11) is 1.46. The Balaban J connectivity index is 2.35. The molecule has 0 radical (unpaired) electrons. The van der Waals surface area contributed by atoms with Gasteiger partial charge in [0.2, 0.25) is 5.75 Å². The molecule has 1 fully saturated rings. The van der Waals surface area contributed by atoms with E-state index in [1.54, 1.807) is 0 Å². The molecule has 1 aromatic rings. The van der Waals surface area contributed by atoms with E-state index in [4.69, 9.17) is 4.74 Å². The van der Waals surface area contributed by atoms with Crippen LogP contribution in [0.15, 0.2) is 11.1 Å². The smallest absolute Gasteiger partial charge is 0.295 e. The summed E-state index contributed by atoms with van der Waals surface area (Å²) in [5.41, 5.74) is -0.288. The number of aliphatic hydroxyl groups is 1. The zero-order valence-electron chi connectivity index (χ0n) is 10.6. The molecule has 0 spiro atoms. The number of rotatable bonds is 5. The number of H-pyrrole nitrogens is 1. The molecule has 0 aliphatic heterocycles. The summed E-state index contributed by atoms with van der Waals surface area (Å²) in [5.74, 6) is 0.750. The maximum atomic E-state index is 11.7. The van der Waals surface area contributed by atoms with Crippen LogP contribution in [0.1, 0.15) is 25.7 Å². The molecule has 0 aromatic carbocycles. The van der Waals surface area contributed by atoms with Gasteiger partial charge in [0.15, 0.2) is 5.82 Å². The number of aliphatic hydroxyl groups excluding tert-OH is 1. The Morgan fingerprint density at radius 3 is 2.89 bits per heavy atom. The minimum Gasteiger partial charge on any atom is -0.489 e. The molecule has 0 saturated heterocycles. The van der Waals surface area contributed by atoms with Gasteiger partial charge in [-0.2, -0.15) is 0 Å². The molecule has 1 aromatic heterocycles. The zero-order valence-corrected chi connectivity index (χ0v) is 10.6. The zero-order chi connectivity index (χ0) is 13.0. The first-order valence-electron chi connectivity index (χ1n) is 6.27. The van der Waals surface area contributed by atoms with Crippen LogP contribution in [0.25, 0.3) is 0 Å². The highest BCUT2D eigenvalue weighted by Gasteiger charge is 2.26. The van der Waals surface area contributed by atoms with E-state index in [0.29, 0.717) is 18.4 Å². The van der Waals surface area contributed by atoms with Crippen molar-refractivity contribution in [1.29, 1.82) is 0 Å². The van der Waals surface area contributed by atoms with Crippen LogP contribution >= 0.6 is 0 Å². The molecule has 1 heterocycles. The Morgan fingerprint density at radius 1 is 1.56 bits per heavy atom. The minimum atomic E-state index is -0.288. The van der Waals surface area contributed by atoms with Crippen molar-refractivity contribution in [3.63, 3.8) is 0 Å². The number of hydrogen-bond donors (Lipinski definition) is 2. The van der Waals surface area contributed by atoms with Crippen molar-refractivity contribution < 1.29 is 9.84 Å². The lowest BCUT2D eigenvalue weighted by Gasteiger charge is -2.29. The van der Waals surface area contributed by atoms with Crippen LogP contribution in [0.2, 0.25) is 0 Å². The lowest BCUT2D eigenvalue weighted by atomic mass is 10.2. The molecule has 18 heavy (non-hydrogen) atoms. The topological polar surface area (TPSA) is 78.5 Å². The van der Waals surface area contributed by atoms with Gasteiger partial charge in [-0.3, -0.25) is 4.79 Å². The largest absolute Gasteiger partial charge is 0.489 e. The first-order chi connectivity index (χ1) is 8.77. The maximum absolute atomic E-state index is 11.7. The predicted molar refractivity (Wildman–Crippen MR) is 68.1 cm³/mol. The quantitative estimate of drug-likeness (QED) is 0.800. The van der Waals surface area contributed by atoms with E-state index in [1.807, 2.05) is 4.90 Å². The van der Waals surface area contributed by atoms with Crippen LogP contribution in [0.5, 0.6) is 5.75 Å². The van der Waals surface area contributed by atoms with Gasteiger partial charge >= 0.3 is 0 Å². The number of aromatic amines is 1. The van der Waals surface area contributed by atoms with E-state index in [1.165, 1.54) is 26.3 Å². The first-order valence-corrected chi connectivity index (χ1v) is 6.27. The Morgan fingerprint density at radius 2 is 2.28 bits per heavy atom. The molecule has 2 rings (SSSR count). The molecule has 1 saturated carbocycles. The second-order valence-electron chi connectivity index (χ2n) is 4.44. The van der Waals surface area contributed by atoms with Crippen molar-refractivity contribution >= 4 is 5.82 Å². The Bertz CT molecular complexity index is 440. The molecule has 0 atom stereocenters. The number of ether oxygens (including phenoxy) is 1. The fourth-order valence-electron chi connectivity index (χ4n) is 2.55. The SMILES string of the molecule is COc1c(N(CCO)C2CCCC2)nc[nH]c1=O. The Kier molecular flexibility index (Phi) is 4.19. The second kappa shape index (κ2) is 5.86. The Hall–Kier alpha value is -1.56. The predicted octanol–water partition coefficient (Wildman–Crippen LogP) is 0.520. The summed E-state index contributed by atoms with van der Waals surface area (Å²) in [6.45, 7) is 0.506. The summed E-state index contributed by atoms with van der Waals surface area (Å²) < 4.78 is 5.13. The van der Waals surface area contributed by atoms with Gasteiger partial charge in [0, 0.05) is 12.6 Å². The van der Waals surface area contributed by atoms with E-state index in [-0.39, 0.29) is 17.9 Å². The lowest BCUT2D eigenvalue weighted by molar-refractivity contribution is 0.295. The molecule has 2 N–H and O–H groups in total. The highest BCUT2D eigenvalue weighted by molar-refractivity contribution is 5.51. The van der Waals surface area contributed by atoms with Crippen molar-refractivity contribution in [3.8, 4) is 5.75 Å². The monoisotopic (exact) mass is 253 g/mol. The standard InChI is InChI=1S/C12H19N3O3/c1-18-10-11(13-8-14-12(10)17)15(6-7-16)9-4-2-3-5-9/h8-9,16H,2-7H2,1H3,(H,13,14,17). The van der Waals surface area contributed by atoms with Crippen LogP contribution in [-0.4, -0.2) is 41.4 Å². The van der Waals surface area contributed by atoms with E-state index >= 15 is 0 Å². The summed E-state index contributed by atoms with van der Waals surface area (Å²) in [5, 5.41) is 9.20. The number of anilines is 1. The van der Waals surface area contributed by atoms with Gasteiger partial charge in [-0.05, 0) is 12.8 Å². The van der Waals surface area contributed by atoms with Crippen LogP contribution in [-0.2, 0) is 0 Å². The number of nitrogens with one attached hydrogen (secondary N) is 1. The van der Waals surface area contributed by atoms with Crippen LogP contribution in [0.4, 0.5) is 5.82 Å².